The summed E-state index contributed by atoms with van der Waals surface area (Å²) < 4.78 is 0. The van der Waals surface area contributed by atoms with Crippen molar-refractivity contribution in [2.75, 3.05) is 11.4 Å². The predicted octanol–water partition coefficient (Wildman–Crippen LogP) is 1.91. The topological polar surface area (TPSA) is 56.1 Å². The normalized spacial score (nSPS) is 22.8. The van der Waals surface area contributed by atoms with Gasteiger partial charge in [-0.25, -0.2) is 0 Å². The van der Waals surface area contributed by atoms with Crippen molar-refractivity contribution >= 4 is 11.6 Å². The van der Waals surface area contributed by atoms with Gasteiger partial charge in [0.05, 0.1) is 12.5 Å². The fraction of sp³-hybridized carbons (Fsp3) is 0.467. The molecule has 0 spiro atoms. The number of carbonyl (C=O) groups excluding carboxylic acids is 1. The van der Waals surface area contributed by atoms with E-state index in [4.69, 9.17) is 5.26 Å². The zero-order chi connectivity index (χ0) is 14.0. The first-order valence-corrected chi connectivity index (χ1v) is 6.55. The van der Waals surface area contributed by atoms with Crippen LogP contribution in [0.4, 0.5) is 5.69 Å². The van der Waals surface area contributed by atoms with Crippen molar-refractivity contribution in [2.45, 2.75) is 39.3 Å². The number of rotatable bonds is 2. The molecule has 1 heterocycles. The van der Waals surface area contributed by atoms with Crippen LogP contribution < -0.4 is 10.2 Å². The molecule has 1 aromatic carbocycles. The summed E-state index contributed by atoms with van der Waals surface area (Å²) in [7, 11) is 0. The van der Waals surface area contributed by atoms with Crippen LogP contribution in [-0.2, 0) is 4.79 Å². The maximum atomic E-state index is 12.0. The molecule has 0 saturated carbocycles. The zero-order valence-electron chi connectivity index (χ0n) is 11.6. The Morgan fingerprint density at radius 3 is 2.89 bits per heavy atom. The lowest BCUT2D eigenvalue weighted by atomic mass is 10.0. The van der Waals surface area contributed by atoms with Crippen molar-refractivity contribution < 1.29 is 4.79 Å². The quantitative estimate of drug-likeness (QED) is 0.880. The van der Waals surface area contributed by atoms with Gasteiger partial charge in [-0.05, 0) is 38.0 Å². The highest BCUT2D eigenvalue weighted by Gasteiger charge is 2.34. The van der Waals surface area contributed by atoms with Crippen LogP contribution in [0.25, 0.3) is 0 Å². The number of nitrogens with one attached hydrogen (secondary N) is 1. The van der Waals surface area contributed by atoms with Crippen molar-refractivity contribution in [2.24, 2.45) is 0 Å². The van der Waals surface area contributed by atoms with Crippen molar-refractivity contribution in [3.05, 3.63) is 29.3 Å². The second-order valence-electron chi connectivity index (χ2n) is 5.17. The summed E-state index contributed by atoms with van der Waals surface area (Å²) in [6.07, 6.45) is 0.212. The van der Waals surface area contributed by atoms with E-state index in [-0.39, 0.29) is 18.4 Å². The molecule has 1 saturated heterocycles. The number of carbonyl (C=O) groups is 1. The zero-order valence-corrected chi connectivity index (χ0v) is 11.6. The first kappa shape index (κ1) is 13.4. The van der Waals surface area contributed by atoms with Gasteiger partial charge in [0.25, 0.3) is 0 Å². The Labute approximate surface area is 114 Å². The molecule has 1 fully saturated rings. The molecule has 0 aliphatic carbocycles. The van der Waals surface area contributed by atoms with Gasteiger partial charge in [0, 0.05) is 18.3 Å². The summed E-state index contributed by atoms with van der Waals surface area (Å²) in [4.78, 5) is 14.1. The third-order valence-corrected chi connectivity index (χ3v) is 3.61. The van der Waals surface area contributed by atoms with Crippen molar-refractivity contribution in [1.82, 2.24) is 5.32 Å². The standard InChI is InChI=1S/C15H19N3O/c1-10-4-5-11(2)14(8-10)18-12(3)9-17-15(19)13(18)6-7-16/h4-5,8,12-13H,6,9H2,1-3H3,(H,17,19). The summed E-state index contributed by atoms with van der Waals surface area (Å²) >= 11 is 0. The number of anilines is 1. The Morgan fingerprint density at radius 1 is 1.47 bits per heavy atom. The highest BCUT2D eigenvalue weighted by atomic mass is 16.2. The second kappa shape index (κ2) is 5.31. The molecule has 0 bridgehead atoms. The lowest BCUT2D eigenvalue weighted by Crippen LogP contribution is -2.60. The van der Waals surface area contributed by atoms with Gasteiger partial charge in [-0.3, -0.25) is 4.79 Å². The largest absolute Gasteiger partial charge is 0.354 e. The van der Waals surface area contributed by atoms with E-state index in [2.05, 4.69) is 41.4 Å². The number of hydrogen-bond donors (Lipinski definition) is 1. The lowest BCUT2D eigenvalue weighted by molar-refractivity contribution is -0.123. The molecule has 1 aromatic rings. The van der Waals surface area contributed by atoms with Gasteiger partial charge >= 0.3 is 0 Å². The second-order valence-corrected chi connectivity index (χ2v) is 5.17. The molecule has 1 amide bonds. The molecule has 4 nitrogen and oxygen atoms in total. The van der Waals surface area contributed by atoms with Gasteiger partial charge in [-0.15, -0.1) is 0 Å². The van der Waals surface area contributed by atoms with E-state index >= 15 is 0 Å². The van der Waals surface area contributed by atoms with Crippen LogP contribution in [0.2, 0.25) is 0 Å². The molecular formula is C15H19N3O. The number of aryl methyl sites for hydroxylation is 2. The highest BCUT2D eigenvalue weighted by Crippen LogP contribution is 2.28. The van der Waals surface area contributed by atoms with E-state index in [1.165, 1.54) is 0 Å². The smallest absolute Gasteiger partial charge is 0.243 e. The number of amides is 1. The molecule has 1 aliphatic rings. The number of nitrogens with zero attached hydrogens (tertiary/aromatic N) is 2. The molecule has 2 unspecified atom stereocenters. The van der Waals surface area contributed by atoms with E-state index in [1.54, 1.807) is 0 Å². The summed E-state index contributed by atoms with van der Waals surface area (Å²) in [6.45, 7) is 6.77. The highest BCUT2D eigenvalue weighted by molar-refractivity contribution is 5.87. The first-order chi connectivity index (χ1) is 9.04. The Bertz CT molecular complexity index is 533. The van der Waals surface area contributed by atoms with E-state index < -0.39 is 6.04 Å². The minimum absolute atomic E-state index is 0.0550. The van der Waals surface area contributed by atoms with Crippen LogP contribution in [0, 0.1) is 25.2 Å². The molecule has 2 rings (SSSR count). The fourth-order valence-electron chi connectivity index (χ4n) is 2.58. The average molecular weight is 257 g/mol. The first-order valence-electron chi connectivity index (χ1n) is 6.55. The van der Waals surface area contributed by atoms with Crippen LogP contribution in [-0.4, -0.2) is 24.5 Å². The van der Waals surface area contributed by atoms with Gasteiger partial charge in [-0.2, -0.15) is 5.26 Å². The third-order valence-electron chi connectivity index (χ3n) is 3.61. The van der Waals surface area contributed by atoms with E-state index in [9.17, 15) is 4.79 Å². The number of benzene rings is 1. The van der Waals surface area contributed by atoms with Gasteiger partial charge in [0.2, 0.25) is 5.91 Å². The van der Waals surface area contributed by atoms with Crippen LogP contribution >= 0.6 is 0 Å². The Kier molecular flexibility index (Phi) is 3.75. The average Bonchev–Trinajstić information content (AvgIpc) is 2.38. The molecule has 0 radical (unpaired) electrons. The van der Waals surface area contributed by atoms with Crippen LogP contribution in [0.1, 0.15) is 24.5 Å². The van der Waals surface area contributed by atoms with Crippen molar-refractivity contribution in [1.29, 1.82) is 5.26 Å². The maximum Gasteiger partial charge on any atom is 0.243 e. The molecule has 2 atom stereocenters. The molecule has 100 valence electrons. The lowest BCUT2D eigenvalue weighted by Gasteiger charge is -2.41. The molecule has 0 aromatic heterocycles. The van der Waals surface area contributed by atoms with Crippen LogP contribution in [0.15, 0.2) is 18.2 Å². The Morgan fingerprint density at radius 2 is 2.21 bits per heavy atom. The van der Waals surface area contributed by atoms with Crippen LogP contribution in [0.5, 0.6) is 0 Å². The fourth-order valence-corrected chi connectivity index (χ4v) is 2.58. The van der Waals surface area contributed by atoms with Crippen molar-refractivity contribution in [3.63, 3.8) is 0 Å². The minimum atomic E-state index is -0.394. The monoisotopic (exact) mass is 257 g/mol. The SMILES string of the molecule is Cc1ccc(C)c(N2C(C)CNC(=O)C2CC#N)c1. The summed E-state index contributed by atoms with van der Waals surface area (Å²) in [5, 5.41) is 11.8. The van der Waals surface area contributed by atoms with Gasteiger partial charge in [0.1, 0.15) is 6.04 Å². The summed E-state index contributed by atoms with van der Waals surface area (Å²) in [6, 6.07) is 8.13. The Balaban J connectivity index is 2.45. The minimum Gasteiger partial charge on any atom is -0.354 e. The van der Waals surface area contributed by atoms with E-state index in [0.29, 0.717) is 6.54 Å². The summed E-state index contributed by atoms with van der Waals surface area (Å²) in [5.74, 6) is -0.0550. The number of nitriles is 1. The van der Waals surface area contributed by atoms with E-state index in [1.807, 2.05) is 13.8 Å². The number of piperazine rings is 1. The van der Waals surface area contributed by atoms with Gasteiger partial charge in [0.15, 0.2) is 0 Å². The summed E-state index contributed by atoms with van der Waals surface area (Å²) in [5.41, 5.74) is 3.35. The van der Waals surface area contributed by atoms with E-state index in [0.717, 1.165) is 16.8 Å². The van der Waals surface area contributed by atoms with Crippen molar-refractivity contribution in [3.8, 4) is 6.07 Å². The Hall–Kier alpha value is -2.02. The molecule has 1 N–H and O–H groups in total. The molecule has 19 heavy (non-hydrogen) atoms. The van der Waals surface area contributed by atoms with Crippen LogP contribution in [0.3, 0.4) is 0 Å². The number of hydrogen-bond acceptors (Lipinski definition) is 3. The maximum absolute atomic E-state index is 12.0. The third kappa shape index (κ3) is 2.55. The molecular weight excluding hydrogens is 238 g/mol. The molecule has 4 heteroatoms. The predicted molar refractivity (Wildman–Crippen MR) is 74.9 cm³/mol. The molecule has 1 aliphatic heterocycles. The van der Waals surface area contributed by atoms with Gasteiger partial charge in [-0.1, -0.05) is 12.1 Å². The van der Waals surface area contributed by atoms with Gasteiger partial charge < -0.3 is 10.2 Å².